The Labute approximate surface area is 154 Å². The van der Waals surface area contributed by atoms with Gasteiger partial charge in [0, 0.05) is 24.3 Å². The molecule has 2 N–H and O–H groups in total. The lowest BCUT2D eigenvalue weighted by molar-refractivity contribution is 0.402. The number of sulfonamides is 1. The molecule has 0 aliphatic carbocycles. The highest BCUT2D eigenvalue weighted by Gasteiger charge is 2.21. The minimum Gasteiger partial charge on any atom is -0.495 e. The molecule has 0 aromatic heterocycles. The lowest BCUT2D eigenvalue weighted by atomic mass is 10.1. The van der Waals surface area contributed by atoms with Gasteiger partial charge in [-0.3, -0.25) is 9.71 Å². The van der Waals surface area contributed by atoms with E-state index >= 15 is 0 Å². The van der Waals surface area contributed by atoms with Gasteiger partial charge in [-0.15, -0.1) is 0 Å². The number of methoxy groups -OCH3 is 1. The molecule has 0 bridgehead atoms. The zero-order chi connectivity index (χ0) is 18.7. The summed E-state index contributed by atoms with van der Waals surface area (Å²) in [6, 6.07) is 10.6. The standard InChI is InChI=1S/C19H23N3O3S/c1-13-10-17(25-3)18(11-14(13)2)26(23,24)22-16-7-4-6-15(12-16)19-20-8-5-9-21-19/h4,6-7,10-12,22H,5,8-9H2,1-3H3,(H,20,21). The number of ether oxygens (including phenoxy) is 1. The van der Waals surface area contributed by atoms with E-state index in [-0.39, 0.29) is 4.90 Å². The molecule has 1 aliphatic rings. The summed E-state index contributed by atoms with van der Waals surface area (Å²) in [5.41, 5.74) is 3.21. The van der Waals surface area contributed by atoms with Gasteiger partial charge in [-0.25, -0.2) is 8.42 Å². The number of nitrogens with zero attached hydrogens (tertiary/aromatic N) is 1. The average molecular weight is 373 g/mol. The average Bonchev–Trinajstić information content (AvgIpc) is 2.64. The molecule has 0 saturated carbocycles. The molecule has 138 valence electrons. The Hall–Kier alpha value is -2.54. The molecule has 0 unspecified atom stereocenters. The molecule has 1 aliphatic heterocycles. The van der Waals surface area contributed by atoms with Gasteiger partial charge in [0.1, 0.15) is 16.5 Å². The van der Waals surface area contributed by atoms with E-state index in [1.54, 1.807) is 24.3 Å². The molecule has 0 amide bonds. The zero-order valence-electron chi connectivity index (χ0n) is 15.2. The summed E-state index contributed by atoms with van der Waals surface area (Å²) < 4.78 is 33.7. The summed E-state index contributed by atoms with van der Waals surface area (Å²) in [6.07, 6.45) is 1.00. The number of hydrogen-bond acceptors (Lipinski definition) is 5. The van der Waals surface area contributed by atoms with Gasteiger partial charge in [-0.1, -0.05) is 12.1 Å². The normalized spacial score (nSPS) is 14.3. The van der Waals surface area contributed by atoms with Crippen LogP contribution in [0.15, 0.2) is 46.3 Å². The van der Waals surface area contributed by atoms with E-state index < -0.39 is 10.0 Å². The van der Waals surface area contributed by atoms with Crippen molar-refractivity contribution >= 4 is 21.5 Å². The van der Waals surface area contributed by atoms with Gasteiger partial charge >= 0.3 is 0 Å². The smallest absolute Gasteiger partial charge is 0.265 e. The Kier molecular flexibility index (Phi) is 5.18. The summed E-state index contributed by atoms with van der Waals surface area (Å²) in [7, 11) is -2.31. The summed E-state index contributed by atoms with van der Waals surface area (Å²) in [6.45, 7) is 5.44. The maximum Gasteiger partial charge on any atom is 0.265 e. The lowest BCUT2D eigenvalue weighted by Crippen LogP contribution is -2.30. The lowest BCUT2D eigenvalue weighted by Gasteiger charge is -2.16. The second-order valence-corrected chi connectivity index (χ2v) is 7.94. The van der Waals surface area contributed by atoms with Crippen LogP contribution in [0.3, 0.4) is 0 Å². The Balaban J connectivity index is 1.93. The first-order valence-electron chi connectivity index (χ1n) is 8.47. The highest BCUT2D eigenvalue weighted by atomic mass is 32.2. The molecule has 2 aromatic carbocycles. The Bertz CT molecular complexity index is 952. The first-order chi connectivity index (χ1) is 12.4. The van der Waals surface area contributed by atoms with Crippen LogP contribution in [0.2, 0.25) is 0 Å². The molecule has 0 radical (unpaired) electrons. The van der Waals surface area contributed by atoms with E-state index in [4.69, 9.17) is 4.74 Å². The highest BCUT2D eigenvalue weighted by molar-refractivity contribution is 7.92. The van der Waals surface area contributed by atoms with Crippen LogP contribution in [0.1, 0.15) is 23.1 Å². The topological polar surface area (TPSA) is 79.8 Å². The summed E-state index contributed by atoms with van der Waals surface area (Å²) in [5, 5.41) is 3.24. The van der Waals surface area contributed by atoms with Gasteiger partial charge < -0.3 is 10.1 Å². The van der Waals surface area contributed by atoms with Crippen molar-refractivity contribution in [1.82, 2.24) is 5.32 Å². The van der Waals surface area contributed by atoms with Crippen LogP contribution in [-0.4, -0.2) is 34.5 Å². The van der Waals surface area contributed by atoms with Gasteiger partial charge in [0.15, 0.2) is 0 Å². The van der Waals surface area contributed by atoms with E-state index in [9.17, 15) is 8.42 Å². The van der Waals surface area contributed by atoms with E-state index in [0.717, 1.165) is 42.0 Å². The fourth-order valence-electron chi connectivity index (χ4n) is 2.80. The quantitative estimate of drug-likeness (QED) is 0.845. The molecule has 0 atom stereocenters. The molecule has 2 aromatic rings. The number of amidine groups is 1. The molecular formula is C19H23N3O3S. The molecule has 0 saturated heterocycles. The van der Waals surface area contributed by atoms with Crippen molar-refractivity contribution < 1.29 is 13.2 Å². The largest absolute Gasteiger partial charge is 0.495 e. The van der Waals surface area contributed by atoms with Crippen molar-refractivity contribution in [3.8, 4) is 5.75 Å². The molecular weight excluding hydrogens is 350 g/mol. The van der Waals surface area contributed by atoms with Crippen molar-refractivity contribution in [2.24, 2.45) is 4.99 Å². The third-order valence-corrected chi connectivity index (χ3v) is 5.76. The third kappa shape index (κ3) is 3.83. The first-order valence-corrected chi connectivity index (χ1v) is 9.96. The SMILES string of the molecule is COc1cc(C)c(C)cc1S(=O)(=O)Nc1cccc(C2=NCCCN2)c1. The van der Waals surface area contributed by atoms with Gasteiger partial charge in [0.25, 0.3) is 10.0 Å². The predicted molar refractivity (Wildman–Crippen MR) is 104 cm³/mol. The number of benzene rings is 2. The number of nitrogens with one attached hydrogen (secondary N) is 2. The number of rotatable bonds is 5. The second-order valence-electron chi connectivity index (χ2n) is 6.28. The van der Waals surface area contributed by atoms with Crippen LogP contribution >= 0.6 is 0 Å². The zero-order valence-corrected chi connectivity index (χ0v) is 16.0. The fraction of sp³-hybridized carbons (Fsp3) is 0.316. The molecule has 1 heterocycles. The maximum absolute atomic E-state index is 12.9. The number of anilines is 1. The predicted octanol–water partition coefficient (Wildman–Crippen LogP) is 2.85. The number of aryl methyl sites for hydroxylation is 2. The second kappa shape index (κ2) is 7.37. The number of aliphatic imine (C=N–C) groups is 1. The Morgan fingerprint density at radius 2 is 1.92 bits per heavy atom. The third-order valence-electron chi connectivity index (χ3n) is 4.35. The Morgan fingerprint density at radius 1 is 1.15 bits per heavy atom. The van der Waals surface area contributed by atoms with E-state index in [1.807, 2.05) is 26.0 Å². The van der Waals surface area contributed by atoms with Crippen LogP contribution in [-0.2, 0) is 10.0 Å². The van der Waals surface area contributed by atoms with Crippen LogP contribution < -0.4 is 14.8 Å². The highest BCUT2D eigenvalue weighted by Crippen LogP contribution is 2.29. The van der Waals surface area contributed by atoms with Crippen LogP contribution in [0.25, 0.3) is 0 Å². The van der Waals surface area contributed by atoms with Crippen molar-refractivity contribution in [1.29, 1.82) is 0 Å². The Morgan fingerprint density at radius 3 is 2.62 bits per heavy atom. The molecule has 0 spiro atoms. The van der Waals surface area contributed by atoms with Gasteiger partial charge in [0.2, 0.25) is 0 Å². The minimum absolute atomic E-state index is 0.127. The first kappa shape index (κ1) is 18.3. The van der Waals surface area contributed by atoms with Crippen LogP contribution in [0.4, 0.5) is 5.69 Å². The monoisotopic (exact) mass is 373 g/mol. The van der Waals surface area contributed by atoms with Gasteiger partial charge in [-0.05, 0) is 55.7 Å². The van der Waals surface area contributed by atoms with E-state index in [1.165, 1.54) is 7.11 Å². The van der Waals surface area contributed by atoms with Crippen molar-refractivity contribution in [2.45, 2.75) is 25.2 Å². The van der Waals surface area contributed by atoms with Gasteiger partial charge in [-0.2, -0.15) is 0 Å². The van der Waals surface area contributed by atoms with Crippen LogP contribution in [0, 0.1) is 13.8 Å². The molecule has 26 heavy (non-hydrogen) atoms. The molecule has 7 heteroatoms. The van der Waals surface area contributed by atoms with E-state index in [0.29, 0.717) is 11.4 Å². The van der Waals surface area contributed by atoms with Crippen molar-refractivity contribution in [2.75, 3.05) is 24.9 Å². The van der Waals surface area contributed by atoms with Crippen molar-refractivity contribution in [3.63, 3.8) is 0 Å². The number of hydrogen-bond donors (Lipinski definition) is 2. The fourth-order valence-corrected chi connectivity index (χ4v) is 4.09. The summed E-state index contributed by atoms with van der Waals surface area (Å²) in [4.78, 5) is 4.58. The van der Waals surface area contributed by atoms with Gasteiger partial charge in [0.05, 0.1) is 7.11 Å². The summed E-state index contributed by atoms with van der Waals surface area (Å²) >= 11 is 0. The van der Waals surface area contributed by atoms with E-state index in [2.05, 4.69) is 15.0 Å². The molecule has 3 rings (SSSR count). The molecule has 6 nitrogen and oxygen atoms in total. The van der Waals surface area contributed by atoms with Crippen LogP contribution in [0.5, 0.6) is 5.75 Å². The van der Waals surface area contributed by atoms with Crippen molar-refractivity contribution in [3.05, 3.63) is 53.1 Å². The maximum atomic E-state index is 12.9. The molecule has 0 fully saturated rings. The summed E-state index contributed by atoms with van der Waals surface area (Å²) in [5.74, 6) is 1.12. The minimum atomic E-state index is -3.78.